The third-order valence-electron chi connectivity index (χ3n) is 4.38. The molecule has 30 heavy (non-hydrogen) atoms. The fourth-order valence-electron chi connectivity index (χ4n) is 3.05. The van der Waals surface area contributed by atoms with E-state index in [-0.39, 0.29) is 11.3 Å². The van der Waals surface area contributed by atoms with Crippen LogP contribution in [-0.2, 0) is 6.54 Å². The number of nitrogens with zero attached hydrogens (tertiary/aromatic N) is 1. The minimum atomic E-state index is -1.19. The average molecular weight is 429 g/mol. The first-order valence-corrected chi connectivity index (χ1v) is 10.5. The second kappa shape index (κ2) is 9.60. The van der Waals surface area contributed by atoms with Gasteiger partial charge in [0, 0.05) is 28.6 Å². The maximum Gasteiger partial charge on any atom is 0.339 e. The van der Waals surface area contributed by atoms with Gasteiger partial charge in [0.1, 0.15) is 16.3 Å². The van der Waals surface area contributed by atoms with Gasteiger partial charge in [0.05, 0.1) is 18.9 Å². The summed E-state index contributed by atoms with van der Waals surface area (Å²) in [6.07, 6.45) is 0. The minimum Gasteiger partial charge on any atom is -0.507 e. The molecule has 0 fully saturated rings. The zero-order valence-corrected chi connectivity index (χ0v) is 17.9. The minimum absolute atomic E-state index is 0.146. The molecule has 0 aliphatic rings. The van der Waals surface area contributed by atoms with Crippen molar-refractivity contribution in [3.63, 3.8) is 0 Å². The molecule has 3 N–H and O–H groups in total. The smallest absolute Gasteiger partial charge is 0.339 e. The van der Waals surface area contributed by atoms with E-state index in [1.807, 2.05) is 37.4 Å². The first-order chi connectivity index (χ1) is 14.5. The average Bonchev–Trinajstić information content (AvgIpc) is 3.21. The van der Waals surface area contributed by atoms with Gasteiger partial charge < -0.3 is 25.0 Å². The molecule has 1 aromatic heterocycles. The maximum atomic E-state index is 11.5. The number of carbonyl (C=O) groups is 1. The molecule has 0 saturated carbocycles. The molecule has 0 bridgehead atoms. The quantitative estimate of drug-likeness (QED) is 0.464. The van der Waals surface area contributed by atoms with E-state index in [0.717, 1.165) is 10.6 Å². The predicted molar refractivity (Wildman–Crippen MR) is 117 cm³/mol. The highest BCUT2D eigenvalue weighted by Gasteiger charge is 2.18. The molecular weight excluding hydrogens is 404 g/mol. The molecule has 0 spiro atoms. The van der Waals surface area contributed by atoms with Gasteiger partial charge in [-0.1, -0.05) is 0 Å². The predicted octanol–water partition coefficient (Wildman–Crippen LogP) is 4.40. The Bertz CT molecular complexity index is 1050. The zero-order chi connectivity index (χ0) is 21.7. The summed E-state index contributed by atoms with van der Waals surface area (Å²) in [5, 5.41) is 25.2. The Morgan fingerprint density at radius 3 is 2.50 bits per heavy atom. The number of rotatable bonds is 9. The van der Waals surface area contributed by atoms with Gasteiger partial charge in [-0.2, -0.15) is 0 Å². The van der Waals surface area contributed by atoms with E-state index >= 15 is 0 Å². The van der Waals surface area contributed by atoms with E-state index in [0.29, 0.717) is 48.1 Å². The lowest BCUT2D eigenvalue weighted by Crippen LogP contribution is -2.08. The number of thiazole rings is 1. The van der Waals surface area contributed by atoms with Crippen molar-refractivity contribution in [2.24, 2.45) is 0 Å². The summed E-state index contributed by atoms with van der Waals surface area (Å²) in [7, 11) is 1.73. The number of nitrogens with one attached hydrogen (secondary N) is 1. The maximum absolute atomic E-state index is 11.5. The summed E-state index contributed by atoms with van der Waals surface area (Å²) in [6, 6.07) is 8.87. The molecule has 2 aromatic carbocycles. The molecule has 0 unspecified atom stereocenters. The molecule has 0 atom stereocenters. The van der Waals surface area contributed by atoms with Crippen molar-refractivity contribution in [1.82, 2.24) is 10.3 Å². The van der Waals surface area contributed by atoms with Gasteiger partial charge in [-0.3, -0.25) is 0 Å². The van der Waals surface area contributed by atoms with Crippen LogP contribution in [0.5, 0.6) is 17.2 Å². The van der Waals surface area contributed by atoms with Crippen molar-refractivity contribution >= 4 is 17.3 Å². The lowest BCUT2D eigenvalue weighted by molar-refractivity contribution is 0.0693. The van der Waals surface area contributed by atoms with Gasteiger partial charge in [0.2, 0.25) is 0 Å². The number of carboxylic acids is 1. The number of ether oxygens (including phenoxy) is 2. The number of aromatic carboxylic acids is 1. The van der Waals surface area contributed by atoms with Crippen molar-refractivity contribution in [2.45, 2.75) is 20.4 Å². The number of benzene rings is 2. The van der Waals surface area contributed by atoms with Crippen molar-refractivity contribution < 1.29 is 24.5 Å². The first-order valence-electron chi connectivity index (χ1n) is 9.58. The second-order valence-electron chi connectivity index (χ2n) is 6.43. The molecule has 0 aliphatic carbocycles. The van der Waals surface area contributed by atoms with Crippen LogP contribution in [0, 0.1) is 0 Å². The van der Waals surface area contributed by atoms with Crippen LogP contribution in [0.4, 0.5) is 0 Å². The highest BCUT2D eigenvalue weighted by atomic mass is 32.1. The number of aromatic hydroxyl groups is 1. The number of carboxylic acid groups (broad SMARTS) is 1. The third-order valence-corrected chi connectivity index (χ3v) is 5.27. The van der Waals surface area contributed by atoms with Crippen LogP contribution in [0.15, 0.2) is 35.7 Å². The Morgan fingerprint density at radius 2 is 1.83 bits per heavy atom. The summed E-state index contributed by atoms with van der Waals surface area (Å²) in [5.41, 5.74) is 2.51. The molecule has 0 radical (unpaired) electrons. The van der Waals surface area contributed by atoms with Crippen LogP contribution < -0.4 is 14.8 Å². The summed E-state index contributed by atoms with van der Waals surface area (Å²) in [4.78, 5) is 16.2. The molecule has 158 valence electrons. The topological polar surface area (TPSA) is 101 Å². The molecule has 8 heteroatoms. The van der Waals surface area contributed by atoms with E-state index in [9.17, 15) is 15.0 Å². The van der Waals surface area contributed by atoms with Gasteiger partial charge in [0.15, 0.2) is 11.5 Å². The Morgan fingerprint density at radius 1 is 1.10 bits per heavy atom. The van der Waals surface area contributed by atoms with Crippen LogP contribution in [0.3, 0.4) is 0 Å². The van der Waals surface area contributed by atoms with Gasteiger partial charge in [0.25, 0.3) is 0 Å². The molecule has 7 nitrogen and oxygen atoms in total. The SMILES string of the molecule is CCOc1ccc(-c2nc(-c3cc(CNC)c(O)c(C(=O)O)c3)cs2)cc1OCC. The largest absolute Gasteiger partial charge is 0.507 e. The van der Waals surface area contributed by atoms with Crippen LogP contribution in [0.2, 0.25) is 0 Å². The van der Waals surface area contributed by atoms with Crippen LogP contribution in [-0.4, -0.2) is 41.4 Å². The van der Waals surface area contributed by atoms with Crippen molar-refractivity contribution in [2.75, 3.05) is 20.3 Å². The van der Waals surface area contributed by atoms with E-state index < -0.39 is 5.97 Å². The summed E-state index contributed by atoms with van der Waals surface area (Å²) in [5.74, 6) is -0.0807. The van der Waals surface area contributed by atoms with E-state index in [1.165, 1.54) is 17.4 Å². The Labute approximate surface area is 178 Å². The second-order valence-corrected chi connectivity index (χ2v) is 7.29. The number of phenols is 1. The monoisotopic (exact) mass is 428 g/mol. The third kappa shape index (κ3) is 4.55. The molecule has 0 aliphatic heterocycles. The summed E-state index contributed by atoms with van der Waals surface area (Å²) in [6.45, 7) is 5.24. The van der Waals surface area contributed by atoms with E-state index in [4.69, 9.17) is 9.47 Å². The summed E-state index contributed by atoms with van der Waals surface area (Å²) < 4.78 is 11.3. The molecule has 0 saturated heterocycles. The Kier molecular flexibility index (Phi) is 6.91. The lowest BCUT2D eigenvalue weighted by Gasteiger charge is -2.11. The fourth-order valence-corrected chi connectivity index (χ4v) is 3.88. The van der Waals surface area contributed by atoms with E-state index in [2.05, 4.69) is 10.3 Å². The van der Waals surface area contributed by atoms with Crippen LogP contribution in [0.1, 0.15) is 29.8 Å². The zero-order valence-electron chi connectivity index (χ0n) is 17.1. The normalized spacial score (nSPS) is 10.8. The van der Waals surface area contributed by atoms with Crippen LogP contribution in [0.25, 0.3) is 21.8 Å². The van der Waals surface area contributed by atoms with Gasteiger partial charge in [-0.15, -0.1) is 11.3 Å². The van der Waals surface area contributed by atoms with Gasteiger partial charge in [-0.25, -0.2) is 9.78 Å². The molecule has 3 aromatic rings. The highest BCUT2D eigenvalue weighted by molar-refractivity contribution is 7.13. The van der Waals surface area contributed by atoms with Crippen molar-refractivity contribution in [3.8, 4) is 39.1 Å². The molecule has 1 heterocycles. The number of aromatic nitrogens is 1. The lowest BCUT2D eigenvalue weighted by atomic mass is 10.0. The first kappa shape index (κ1) is 21.6. The van der Waals surface area contributed by atoms with Gasteiger partial charge in [-0.05, 0) is 51.2 Å². The molecule has 3 rings (SSSR count). The standard InChI is InChI=1S/C22H24N2O5S/c1-4-28-18-7-6-13(10-19(18)29-5-2)21-24-17(12-30-21)14-8-15(11-23-3)20(25)16(9-14)22(26)27/h6-10,12,23,25H,4-5,11H2,1-3H3,(H,26,27). The Balaban J connectivity index is 2.00. The number of hydrogen-bond acceptors (Lipinski definition) is 7. The highest BCUT2D eigenvalue weighted by Crippen LogP contribution is 2.37. The molecular formula is C22H24N2O5S. The Hall–Kier alpha value is -3.10. The van der Waals surface area contributed by atoms with Crippen molar-refractivity contribution in [3.05, 3.63) is 46.8 Å². The number of hydrogen-bond donors (Lipinski definition) is 3. The summed E-state index contributed by atoms with van der Waals surface area (Å²) >= 11 is 1.45. The fraction of sp³-hybridized carbons (Fsp3) is 0.273. The van der Waals surface area contributed by atoms with Crippen LogP contribution >= 0.6 is 11.3 Å². The molecule has 0 amide bonds. The van der Waals surface area contributed by atoms with E-state index in [1.54, 1.807) is 13.1 Å². The van der Waals surface area contributed by atoms with Gasteiger partial charge >= 0.3 is 5.97 Å². The van der Waals surface area contributed by atoms with Crippen molar-refractivity contribution in [1.29, 1.82) is 0 Å².